The molecule has 1 N–H and O–H groups in total. The highest BCUT2D eigenvalue weighted by Crippen LogP contribution is 2.14. The lowest BCUT2D eigenvalue weighted by atomic mass is 10.2. The summed E-state index contributed by atoms with van der Waals surface area (Å²) in [6.07, 6.45) is 0. The van der Waals surface area contributed by atoms with Crippen molar-refractivity contribution in [1.82, 2.24) is 4.72 Å². The van der Waals surface area contributed by atoms with Crippen molar-refractivity contribution in [3.8, 4) is 0 Å². The van der Waals surface area contributed by atoms with Crippen molar-refractivity contribution in [2.75, 3.05) is 0 Å². The molecule has 0 aromatic heterocycles. The average Bonchev–Trinajstić information content (AvgIpc) is 2.40. The molecule has 0 bridgehead atoms. The largest absolute Gasteiger partial charge is 0.243 e. The van der Waals surface area contributed by atoms with Gasteiger partial charge in [0.1, 0.15) is 10.7 Å². The first-order valence-corrected chi connectivity index (χ1v) is 7.06. The first kappa shape index (κ1) is 14.5. The van der Waals surface area contributed by atoms with E-state index in [9.17, 15) is 21.6 Å². The summed E-state index contributed by atoms with van der Waals surface area (Å²) in [5.41, 5.74) is 0.226. The third kappa shape index (κ3) is 3.17. The molecule has 3 nitrogen and oxygen atoms in total. The quantitative estimate of drug-likeness (QED) is 0.943. The summed E-state index contributed by atoms with van der Waals surface area (Å²) in [5, 5.41) is 0. The van der Waals surface area contributed by atoms with Crippen LogP contribution in [-0.4, -0.2) is 8.42 Å². The fraction of sp³-hybridized carbons (Fsp3) is 0.0769. The Hall–Kier alpha value is -1.86. The van der Waals surface area contributed by atoms with Crippen LogP contribution in [0.2, 0.25) is 0 Å². The second-order valence-electron chi connectivity index (χ2n) is 4.00. The van der Waals surface area contributed by atoms with E-state index in [1.54, 1.807) is 0 Å². The van der Waals surface area contributed by atoms with Gasteiger partial charge in [-0.05, 0) is 29.8 Å². The lowest BCUT2D eigenvalue weighted by molar-refractivity contribution is 0.506. The Labute approximate surface area is 114 Å². The molecule has 0 amide bonds. The van der Waals surface area contributed by atoms with Crippen molar-refractivity contribution < 1.29 is 21.6 Å². The zero-order chi connectivity index (χ0) is 14.8. The minimum Gasteiger partial charge on any atom is -0.207 e. The van der Waals surface area contributed by atoms with E-state index in [2.05, 4.69) is 4.72 Å². The topological polar surface area (TPSA) is 46.2 Å². The van der Waals surface area contributed by atoms with Crippen molar-refractivity contribution in [1.29, 1.82) is 0 Å². The SMILES string of the molecule is O=S(=O)(NCc1ccc(F)c(F)c1)c1ccccc1F. The molecule has 2 aromatic carbocycles. The molecular formula is C13H10F3NO2S. The van der Waals surface area contributed by atoms with Crippen LogP contribution in [0.1, 0.15) is 5.56 Å². The molecule has 0 atom stereocenters. The van der Waals surface area contributed by atoms with Gasteiger partial charge in [0.15, 0.2) is 11.6 Å². The molecule has 0 aliphatic carbocycles. The van der Waals surface area contributed by atoms with Crippen LogP contribution in [0.15, 0.2) is 47.4 Å². The smallest absolute Gasteiger partial charge is 0.207 e. The molecule has 2 aromatic rings. The monoisotopic (exact) mass is 301 g/mol. The normalized spacial score (nSPS) is 11.6. The number of halogens is 3. The maximum Gasteiger partial charge on any atom is 0.243 e. The van der Waals surface area contributed by atoms with Crippen molar-refractivity contribution >= 4 is 10.0 Å². The van der Waals surface area contributed by atoms with Crippen LogP contribution in [0, 0.1) is 17.5 Å². The summed E-state index contributed by atoms with van der Waals surface area (Å²) in [6, 6.07) is 7.89. The lowest BCUT2D eigenvalue weighted by Gasteiger charge is -2.08. The number of hydrogen-bond donors (Lipinski definition) is 1. The van der Waals surface area contributed by atoms with E-state index in [1.165, 1.54) is 18.2 Å². The molecule has 0 aliphatic rings. The highest BCUT2D eigenvalue weighted by atomic mass is 32.2. The van der Waals surface area contributed by atoms with E-state index in [-0.39, 0.29) is 12.1 Å². The first-order valence-electron chi connectivity index (χ1n) is 5.58. The van der Waals surface area contributed by atoms with Gasteiger partial charge in [-0.1, -0.05) is 18.2 Å². The second-order valence-corrected chi connectivity index (χ2v) is 5.74. The summed E-state index contributed by atoms with van der Waals surface area (Å²) >= 11 is 0. The van der Waals surface area contributed by atoms with Crippen molar-refractivity contribution in [3.05, 3.63) is 65.5 Å². The Balaban J connectivity index is 2.17. The predicted octanol–water partition coefficient (Wildman–Crippen LogP) is 2.58. The highest BCUT2D eigenvalue weighted by molar-refractivity contribution is 7.89. The average molecular weight is 301 g/mol. The van der Waals surface area contributed by atoms with Gasteiger partial charge in [-0.25, -0.2) is 26.3 Å². The van der Waals surface area contributed by atoms with Crippen LogP contribution in [0.4, 0.5) is 13.2 Å². The molecule has 0 heterocycles. The Bertz CT molecular complexity index is 732. The molecule has 0 aliphatic heterocycles. The first-order chi connectivity index (χ1) is 9.40. The summed E-state index contributed by atoms with van der Waals surface area (Å²) in [6.45, 7) is -0.270. The molecule has 2 rings (SSSR count). The van der Waals surface area contributed by atoms with E-state index in [1.807, 2.05) is 0 Å². The number of sulfonamides is 1. The maximum absolute atomic E-state index is 13.4. The van der Waals surface area contributed by atoms with E-state index in [4.69, 9.17) is 0 Å². The Morgan fingerprint density at radius 1 is 0.900 bits per heavy atom. The minimum atomic E-state index is -4.05. The third-order valence-corrected chi connectivity index (χ3v) is 4.01. The predicted molar refractivity (Wildman–Crippen MR) is 66.8 cm³/mol. The third-order valence-electron chi connectivity index (χ3n) is 2.58. The number of nitrogens with one attached hydrogen (secondary N) is 1. The molecule has 0 fully saturated rings. The van der Waals surface area contributed by atoms with Gasteiger partial charge in [0.05, 0.1) is 0 Å². The molecule has 0 saturated carbocycles. The zero-order valence-corrected chi connectivity index (χ0v) is 10.9. The van der Waals surface area contributed by atoms with Crippen LogP contribution in [0.3, 0.4) is 0 Å². The van der Waals surface area contributed by atoms with Crippen molar-refractivity contribution in [2.24, 2.45) is 0 Å². The summed E-state index contributed by atoms with van der Waals surface area (Å²) < 4.78 is 64.9. The van der Waals surface area contributed by atoms with Crippen molar-refractivity contribution in [3.63, 3.8) is 0 Å². The van der Waals surface area contributed by atoms with Crippen LogP contribution < -0.4 is 4.72 Å². The molecular weight excluding hydrogens is 291 g/mol. The van der Waals surface area contributed by atoms with Gasteiger partial charge in [0.25, 0.3) is 0 Å². The fourth-order valence-corrected chi connectivity index (χ4v) is 2.66. The standard InChI is InChI=1S/C13H10F3NO2S/c14-10-6-5-9(7-12(10)16)8-17-20(18,19)13-4-2-1-3-11(13)15/h1-7,17H,8H2. The van der Waals surface area contributed by atoms with Gasteiger partial charge in [0, 0.05) is 6.54 Å². The number of rotatable bonds is 4. The van der Waals surface area contributed by atoms with Gasteiger partial charge in [-0.3, -0.25) is 0 Å². The molecule has 7 heteroatoms. The molecule has 0 radical (unpaired) electrons. The van der Waals surface area contributed by atoms with Gasteiger partial charge >= 0.3 is 0 Å². The summed E-state index contributed by atoms with van der Waals surface area (Å²) in [7, 11) is -4.05. The van der Waals surface area contributed by atoms with Crippen molar-refractivity contribution in [2.45, 2.75) is 11.4 Å². The summed E-state index contributed by atoms with van der Waals surface area (Å²) in [4.78, 5) is -0.498. The molecule has 0 spiro atoms. The Kier molecular flexibility index (Phi) is 4.10. The summed E-state index contributed by atoms with van der Waals surface area (Å²) in [5.74, 6) is -2.98. The van der Waals surface area contributed by atoms with Crippen LogP contribution in [0.25, 0.3) is 0 Å². The number of benzene rings is 2. The van der Waals surface area contributed by atoms with E-state index >= 15 is 0 Å². The highest BCUT2D eigenvalue weighted by Gasteiger charge is 2.18. The molecule has 0 unspecified atom stereocenters. The van der Waals surface area contributed by atoms with E-state index in [0.717, 1.165) is 24.3 Å². The molecule has 106 valence electrons. The van der Waals surface area contributed by atoms with Gasteiger partial charge in [0.2, 0.25) is 10.0 Å². The second kappa shape index (κ2) is 5.64. The number of hydrogen-bond acceptors (Lipinski definition) is 2. The van der Waals surface area contributed by atoms with E-state index in [0.29, 0.717) is 0 Å². The Morgan fingerprint density at radius 3 is 2.25 bits per heavy atom. The maximum atomic E-state index is 13.4. The lowest BCUT2D eigenvalue weighted by Crippen LogP contribution is -2.24. The zero-order valence-electron chi connectivity index (χ0n) is 10.1. The van der Waals surface area contributed by atoms with Gasteiger partial charge in [-0.2, -0.15) is 0 Å². The Morgan fingerprint density at radius 2 is 1.60 bits per heavy atom. The fourth-order valence-electron chi connectivity index (χ4n) is 1.57. The molecule has 0 saturated heterocycles. The van der Waals surface area contributed by atoms with E-state index < -0.39 is 32.4 Å². The van der Waals surface area contributed by atoms with Gasteiger partial charge in [-0.15, -0.1) is 0 Å². The van der Waals surface area contributed by atoms with Crippen LogP contribution >= 0.6 is 0 Å². The minimum absolute atomic E-state index is 0.226. The molecule has 20 heavy (non-hydrogen) atoms. The van der Waals surface area contributed by atoms with Crippen LogP contribution in [-0.2, 0) is 16.6 Å². The van der Waals surface area contributed by atoms with Crippen LogP contribution in [0.5, 0.6) is 0 Å². The van der Waals surface area contributed by atoms with Gasteiger partial charge < -0.3 is 0 Å².